The third kappa shape index (κ3) is 3.97. The Labute approximate surface area is 142 Å². The number of hydrogen-bond donors (Lipinski definition) is 0. The smallest absolute Gasteiger partial charge is 0.345 e. The molecule has 1 unspecified atom stereocenters. The van der Waals surface area contributed by atoms with Crippen molar-refractivity contribution in [1.82, 2.24) is 20.0 Å². The molecule has 2 aliphatic heterocycles. The Morgan fingerprint density at radius 2 is 1.92 bits per heavy atom. The summed E-state index contributed by atoms with van der Waals surface area (Å²) in [4.78, 5) is 17.5. The number of nitrogens with zero attached hydrogens (tertiary/aromatic N) is 5. The lowest BCUT2D eigenvalue weighted by atomic mass is 9.97. The third-order valence-corrected chi connectivity index (χ3v) is 5.57. The predicted molar refractivity (Wildman–Crippen MR) is 83.9 cm³/mol. The zero-order valence-electron chi connectivity index (χ0n) is 13.4. The first kappa shape index (κ1) is 17.4. The van der Waals surface area contributed by atoms with E-state index in [0.29, 0.717) is 41.9 Å². The lowest BCUT2D eigenvalue weighted by molar-refractivity contribution is -0.138. The third-order valence-electron chi connectivity index (χ3n) is 4.54. The highest BCUT2D eigenvalue weighted by molar-refractivity contribution is 7.15. The Bertz CT molecular complexity index is 585. The molecule has 0 aromatic carbocycles. The van der Waals surface area contributed by atoms with Crippen LogP contribution in [0.25, 0.3) is 0 Å². The molecule has 2 saturated heterocycles. The zero-order chi connectivity index (χ0) is 17.3. The molecule has 0 saturated carbocycles. The van der Waals surface area contributed by atoms with Crippen molar-refractivity contribution in [1.29, 1.82) is 0 Å². The summed E-state index contributed by atoms with van der Waals surface area (Å²) in [6, 6.07) is 0. The first-order valence-electron chi connectivity index (χ1n) is 7.95. The molecule has 0 N–H and O–H groups in total. The van der Waals surface area contributed by atoms with Crippen molar-refractivity contribution in [3.8, 4) is 0 Å². The minimum Gasteiger partial charge on any atom is -0.345 e. The molecule has 2 aliphatic rings. The van der Waals surface area contributed by atoms with Gasteiger partial charge in [-0.3, -0.25) is 9.69 Å². The number of rotatable bonds is 3. The number of anilines is 1. The number of piperidine rings is 1. The van der Waals surface area contributed by atoms with Crippen LogP contribution in [0.4, 0.5) is 18.3 Å². The van der Waals surface area contributed by atoms with Crippen molar-refractivity contribution in [2.45, 2.75) is 19.0 Å². The second kappa shape index (κ2) is 6.83. The summed E-state index contributed by atoms with van der Waals surface area (Å²) in [7, 11) is 1.83. The number of amides is 1. The lowest BCUT2D eigenvalue weighted by Gasteiger charge is -2.38. The summed E-state index contributed by atoms with van der Waals surface area (Å²) in [6.45, 7) is 4.58. The molecular weight excluding hydrogens is 343 g/mol. The van der Waals surface area contributed by atoms with Crippen LogP contribution in [-0.2, 0) is 11.0 Å². The topological polar surface area (TPSA) is 52.6 Å². The summed E-state index contributed by atoms with van der Waals surface area (Å²) in [5.41, 5.74) is 0. The van der Waals surface area contributed by atoms with E-state index >= 15 is 0 Å². The van der Waals surface area contributed by atoms with Gasteiger partial charge in [-0.1, -0.05) is 11.3 Å². The summed E-state index contributed by atoms with van der Waals surface area (Å²) >= 11 is 0.600. The highest BCUT2D eigenvalue weighted by Crippen LogP contribution is 2.34. The van der Waals surface area contributed by atoms with Gasteiger partial charge < -0.3 is 9.80 Å². The van der Waals surface area contributed by atoms with E-state index in [1.165, 1.54) is 0 Å². The van der Waals surface area contributed by atoms with E-state index in [1.54, 1.807) is 4.90 Å². The molecule has 1 atom stereocenters. The number of piperazine rings is 1. The van der Waals surface area contributed by atoms with Crippen molar-refractivity contribution in [3.05, 3.63) is 5.01 Å². The molecule has 0 aliphatic carbocycles. The van der Waals surface area contributed by atoms with E-state index in [1.807, 2.05) is 11.9 Å². The molecule has 0 bridgehead atoms. The number of halogens is 3. The maximum atomic E-state index is 12.6. The van der Waals surface area contributed by atoms with Crippen LogP contribution in [0.2, 0.25) is 0 Å². The summed E-state index contributed by atoms with van der Waals surface area (Å²) in [5, 5.41) is 6.36. The van der Waals surface area contributed by atoms with Gasteiger partial charge in [0.2, 0.25) is 16.0 Å². The molecule has 1 aromatic rings. The highest BCUT2D eigenvalue weighted by Gasteiger charge is 2.36. The Morgan fingerprint density at radius 3 is 2.50 bits per heavy atom. The van der Waals surface area contributed by atoms with Crippen LogP contribution in [0.1, 0.15) is 17.8 Å². The molecular formula is C14H20F3N5OS. The number of carbonyl (C=O) groups is 1. The fourth-order valence-corrected chi connectivity index (χ4v) is 3.96. The van der Waals surface area contributed by atoms with Crippen molar-refractivity contribution in [2.75, 3.05) is 51.2 Å². The second-order valence-corrected chi connectivity index (χ2v) is 7.31. The maximum Gasteiger partial charge on any atom is 0.445 e. The van der Waals surface area contributed by atoms with Gasteiger partial charge in [-0.15, -0.1) is 10.2 Å². The number of alkyl halides is 3. The molecule has 24 heavy (non-hydrogen) atoms. The van der Waals surface area contributed by atoms with E-state index in [9.17, 15) is 18.0 Å². The lowest BCUT2D eigenvalue weighted by Crippen LogP contribution is -2.49. The maximum absolute atomic E-state index is 12.6. The number of likely N-dealkylation sites (tertiary alicyclic amines) is 1. The van der Waals surface area contributed by atoms with Gasteiger partial charge in [0, 0.05) is 52.7 Å². The van der Waals surface area contributed by atoms with Gasteiger partial charge in [-0.25, -0.2) is 0 Å². The quantitative estimate of drug-likeness (QED) is 0.816. The number of hydrogen-bond acceptors (Lipinski definition) is 6. The van der Waals surface area contributed by atoms with E-state index < -0.39 is 11.2 Å². The minimum atomic E-state index is -4.43. The SMILES string of the molecule is CN1CC(CN2CCN(c3nnc(C(F)(F)F)s3)CC2)CCC1=O. The van der Waals surface area contributed by atoms with Gasteiger partial charge in [0.15, 0.2) is 0 Å². The van der Waals surface area contributed by atoms with Crippen molar-refractivity contribution in [2.24, 2.45) is 5.92 Å². The van der Waals surface area contributed by atoms with Crippen LogP contribution >= 0.6 is 11.3 Å². The van der Waals surface area contributed by atoms with Crippen LogP contribution in [-0.4, -0.2) is 72.2 Å². The monoisotopic (exact) mass is 363 g/mol. The van der Waals surface area contributed by atoms with Gasteiger partial charge in [0.25, 0.3) is 0 Å². The molecule has 6 nitrogen and oxygen atoms in total. The Hall–Kier alpha value is -1.42. The molecule has 1 amide bonds. The van der Waals surface area contributed by atoms with Crippen LogP contribution in [0.15, 0.2) is 0 Å². The number of aromatic nitrogens is 2. The largest absolute Gasteiger partial charge is 0.445 e. The fraction of sp³-hybridized carbons (Fsp3) is 0.786. The molecule has 3 heterocycles. The Balaban J connectivity index is 1.49. The van der Waals surface area contributed by atoms with Gasteiger partial charge in [0.1, 0.15) is 0 Å². The molecule has 10 heteroatoms. The second-order valence-electron chi connectivity index (χ2n) is 6.35. The molecule has 1 aromatic heterocycles. The van der Waals surface area contributed by atoms with Crippen molar-refractivity contribution >= 4 is 22.4 Å². The average molecular weight is 363 g/mol. The van der Waals surface area contributed by atoms with E-state index in [2.05, 4.69) is 15.1 Å². The highest BCUT2D eigenvalue weighted by atomic mass is 32.1. The van der Waals surface area contributed by atoms with Crippen molar-refractivity contribution < 1.29 is 18.0 Å². The average Bonchev–Trinajstić information content (AvgIpc) is 3.02. The Kier molecular flexibility index (Phi) is 4.95. The van der Waals surface area contributed by atoms with Crippen LogP contribution in [0.5, 0.6) is 0 Å². The zero-order valence-corrected chi connectivity index (χ0v) is 14.2. The first-order valence-corrected chi connectivity index (χ1v) is 8.76. The molecule has 3 rings (SSSR count). The van der Waals surface area contributed by atoms with Crippen LogP contribution < -0.4 is 4.90 Å². The van der Waals surface area contributed by atoms with Gasteiger partial charge in [-0.05, 0) is 12.3 Å². The van der Waals surface area contributed by atoms with E-state index in [4.69, 9.17) is 0 Å². The van der Waals surface area contributed by atoms with Gasteiger partial charge in [0.05, 0.1) is 0 Å². The predicted octanol–water partition coefficient (Wildman–Crippen LogP) is 1.55. The molecule has 134 valence electrons. The standard InChI is InChI=1S/C14H20F3N5OS/c1-20-8-10(2-3-11(20)23)9-21-4-6-22(7-5-21)13-19-18-12(24-13)14(15,16)17/h10H,2-9H2,1H3. The molecule has 0 spiro atoms. The normalized spacial score (nSPS) is 23.8. The summed E-state index contributed by atoms with van der Waals surface area (Å²) in [5.74, 6) is 0.672. The summed E-state index contributed by atoms with van der Waals surface area (Å²) < 4.78 is 37.8. The Morgan fingerprint density at radius 1 is 1.21 bits per heavy atom. The van der Waals surface area contributed by atoms with Gasteiger partial charge >= 0.3 is 6.18 Å². The minimum absolute atomic E-state index is 0.202. The van der Waals surface area contributed by atoms with Crippen LogP contribution in [0.3, 0.4) is 0 Å². The first-order chi connectivity index (χ1) is 11.3. The van der Waals surface area contributed by atoms with Crippen molar-refractivity contribution in [3.63, 3.8) is 0 Å². The van der Waals surface area contributed by atoms with E-state index in [0.717, 1.165) is 32.6 Å². The van der Waals surface area contributed by atoms with E-state index in [-0.39, 0.29) is 5.91 Å². The summed E-state index contributed by atoms with van der Waals surface area (Å²) in [6.07, 6.45) is -2.91. The van der Waals surface area contributed by atoms with Crippen LogP contribution in [0, 0.1) is 5.92 Å². The number of carbonyl (C=O) groups excluding carboxylic acids is 1. The molecule has 0 radical (unpaired) electrons. The molecule has 2 fully saturated rings. The fourth-order valence-electron chi connectivity index (χ4n) is 3.19. The van der Waals surface area contributed by atoms with Gasteiger partial charge in [-0.2, -0.15) is 13.2 Å².